The van der Waals surface area contributed by atoms with Crippen LogP contribution in [0.2, 0.25) is 5.02 Å². The van der Waals surface area contributed by atoms with E-state index < -0.39 is 33.0 Å². The lowest BCUT2D eigenvalue weighted by Gasteiger charge is -2.19. The molecule has 0 saturated carbocycles. The lowest BCUT2D eigenvalue weighted by atomic mass is 10.1. The van der Waals surface area contributed by atoms with Crippen LogP contribution in [0.1, 0.15) is 13.8 Å². The summed E-state index contributed by atoms with van der Waals surface area (Å²) in [6, 6.07) is 5.48. The molecule has 0 aliphatic carbocycles. The number of aliphatic carboxylic acids is 1. The topological polar surface area (TPSA) is 118 Å². The number of amides is 1. The molecule has 2 rings (SSSR count). The molecule has 8 nitrogen and oxygen atoms in total. The van der Waals surface area contributed by atoms with Crippen molar-refractivity contribution in [3.63, 3.8) is 0 Å². The molecule has 2 N–H and O–H groups in total. The number of aromatic nitrogens is 2. The molecule has 1 aromatic carbocycles. The van der Waals surface area contributed by atoms with Crippen molar-refractivity contribution in [3.05, 3.63) is 41.7 Å². The van der Waals surface area contributed by atoms with Crippen LogP contribution < -0.4 is 5.32 Å². The number of carbonyl (C=O) groups excluding carboxylic acids is 1. The quantitative estimate of drug-likeness (QED) is 0.782. The Morgan fingerprint density at radius 2 is 1.88 bits per heavy atom. The number of hydrogen-bond acceptors (Lipinski definition) is 5. The highest BCUT2D eigenvalue weighted by Crippen LogP contribution is 2.18. The van der Waals surface area contributed by atoms with Gasteiger partial charge in [0.1, 0.15) is 5.75 Å². The molecule has 1 aromatic heterocycles. The summed E-state index contributed by atoms with van der Waals surface area (Å²) in [7, 11) is -3.82. The lowest BCUT2D eigenvalue weighted by Crippen LogP contribution is -2.35. The molecule has 2 aromatic rings. The van der Waals surface area contributed by atoms with E-state index in [4.69, 9.17) is 16.7 Å². The zero-order chi connectivity index (χ0) is 18.8. The van der Waals surface area contributed by atoms with Crippen molar-refractivity contribution < 1.29 is 23.1 Å². The minimum atomic E-state index is -3.82. The number of halogens is 1. The van der Waals surface area contributed by atoms with Crippen molar-refractivity contribution in [1.29, 1.82) is 0 Å². The van der Waals surface area contributed by atoms with Crippen LogP contribution in [0.15, 0.2) is 41.6 Å². The first-order chi connectivity index (χ1) is 11.5. The monoisotopic (exact) mass is 385 g/mol. The molecule has 10 heteroatoms. The zero-order valence-corrected chi connectivity index (χ0v) is 15.0. The van der Waals surface area contributed by atoms with Crippen molar-refractivity contribution in [3.8, 4) is 0 Å². The van der Waals surface area contributed by atoms with Crippen molar-refractivity contribution >= 4 is 39.0 Å². The van der Waals surface area contributed by atoms with Gasteiger partial charge >= 0.3 is 5.97 Å². The van der Waals surface area contributed by atoms with Gasteiger partial charge in [-0.15, -0.1) is 0 Å². The van der Waals surface area contributed by atoms with Gasteiger partial charge in [0.25, 0.3) is 0 Å². The third kappa shape index (κ3) is 4.37. The maximum Gasteiger partial charge on any atom is 0.331 e. The summed E-state index contributed by atoms with van der Waals surface area (Å²) < 4.78 is 25.6. The van der Waals surface area contributed by atoms with Gasteiger partial charge in [-0.3, -0.25) is 9.48 Å². The number of carboxylic acid groups (broad SMARTS) is 1. The molecule has 0 spiro atoms. The standard InChI is InChI=1S/C15H16ClN3O5S/c1-15(2,14(21)22)19-8-11(7-17-19)18-13(20)9-25(23,24)12-5-3-10(16)4-6-12/h3-8H,9H2,1-2H3,(H,18,20)(H,21,22). The Morgan fingerprint density at radius 3 is 2.44 bits per heavy atom. The summed E-state index contributed by atoms with van der Waals surface area (Å²) in [5.41, 5.74) is -1.11. The molecule has 1 heterocycles. The van der Waals surface area contributed by atoms with Crippen LogP contribution in [-0.2, 0) is 25.0 Å². The second-order valence-electron chi connectivity index (χ2n) is 5.80. The first kappa shape index (κ1) is 18.9. The van der Waals surface area contributed by atoms with Crippen LogP contribution in [0.4, 0.5) is 5.69 Å². The van der Waals surface area contributed by atoms with Crippen molar-refractivity contribution in [2.75, 3.05) is 11.1 Å². The Labute approximate surface area is 149 Å². The molecule has 0 fully saturated rings. The highest BCUT2D eigenvalue weighted by Gasteiger charge is 2.30. The second-order valence-corrected chi connectivity index (χ2v) is 8.22. The van der Waals surface area contributed by atoms with Crippen LogP contribution in [0.25, 0.3) is 0 Å². The van der Waals surface area contributed by atoms with Gasteiger partial charge in [-0.05, 0) is 38.1 Å². The fourth-order valence-electron chi connectivity index (χ4n) is 1.89. The van der Waals surface area contributed by atoms with E-state index in [0.717, 1.165) is 0 Å². The molecular formula is C15H16ClN3O5S. The van der Waals surface area contributed by atoms with Crippen LogP contribution in [0.3, 0.4) is 0 Å². The van der Waals surface area contributed by atoms with E-state index in [0.29, 0.717) is 5.02 Å². The Kier molecular flexibility index (Phi) is 5.19. The van der Waals surface area contributed by atoms with Gasteiger partial charge in [-0.25, -0.2) is 13.2 Å². The molecular weight excluding hydrogens is 370 g/mol. The van der Waals surface area contributed by atoms with Crippen molar-refractivity contribution in [1.82, 2.24) is 9.78 Å². The molecule has 1 amide bonds. The van der Waals surface area contributed by atoms with Crippen LogP contribution >= 0.6 is 11.6 Å². The molecule has 25 heavy (non-hydrogen) atoms. The van der Waals surface area contributed by atoms with E-state index in [9.17, 15) is 18.0 Å². The summed E-state index contributed by atoms with van der Waals surface area (Å²) in [5, 5.41) is 15.8. The van der Waals surface area contributed by atoms with Crippen molar-refractivity contribution in [2.24, 2.45) is 0 Å². The minimum Gasteiger partial charge on any atom is -0.479 e. The first-order valence-electron chi connectivity index (χ1n) is 7.09. The van der Waals surface area contributed by atoms with Crippen molar-refractivity contribution in [2.45, 2.75) is 24.3 Å². The van der Waals surface area contributed by atoms with E-state index in [1.807, 2.05) is 0 Å². The highest BCUT2D eigenvalue weighted by atomic mass is 35.5. The summed E-state index contributed by atoms with van der Waals surface area (Å²) in [6.07, 6.45) is 2.57. The largest absolute Gasteiger partial charge is 0.479 e. The fraction of sp³-hybridized carbons (Fsp3) is 0.267. The zero-order valence-electron chi connectivity index (χ0n) is 13.4. The van der Waals surface area contributed by atoms with Crippen LogP contribution in [0.5, 0.6) is 0 Å². The van der Waals surface area contributed by atoms with Gasteiger partial charge in [0.05, 0.1) is 16.8 Å². The SMILES string of the molecule is CC(C)(C(=O)O)n1cc(NC(=O)CS(=O)(=O)c2ccc(Cl)cc2)cn1. The number of nitrogens with one attached hydrogen (secondary N) is 1. The molecule has 0 saturated heterocycles. The number of carbonyl (C=O) groups is 2. The number of hydrogen-bond donors (Lipinski definition) is 2. The van der Waals surface area contributed by atoms with E-state index in [1.165, 1.54) is 55.2 Å². The average Bonchev–Trinajstić information content (AvgIpc) is 2.95. The first-order valence-corrected chi connectivity index (χ1v) is 9.12. The summed E-state index contributed by atoms with van der Waals surface area (Å²) in [5.74, 6) is -2.62. The van der Waals surface area contributed by atoms with Crippen LogP contribution in [-0.4, -0.2) is 40.9 Å². The molecule has 0 aliphatic rings. The Hall–Kier alpha value is -2.39. The molecule has 0 radical (unpaired) electrons. The Morgan fingerprint density at radius 1 is 1.28 bits per heavy atom. The summed E-state index contributed by atoms with van der Waals surface area (Å²) >= 11 is 5.71. The summed E-state index contributed by atoms with van der Waals surface area (Å²) in [4.78, 5) is 23.2. The van der Waals surface area contributed by atoms with Gasteiger partial charge in [-0.2, -0.15) is 5.10 Å². The minimum absolute atomic E-state index is 0.0187. The maximum absolute atomic E-state index is 12.2. The van der Waals surface area contributed by atoms with E-state index >= 15 is 0 Å². The Bertz CT molecular complexity index is 904. The van der Waals surface area contributed by atoms with E-state index in [1.54, 1.807) is 0 Å². The van der Waals surface area contributed by atoms with E-state index in [-0.39, 0.29) is 10.6 Å². The number of sulfone groups is 1. The normalized spacial score (nSPS) is 12.0. The number of anilines is 1. The molecule has 0 bridgehead atoms. The number of carboxylic acids is 1. The fourth-order valence-corrected chi connectivity index (χ4v) is 3.15. The lowest BCUT2D eigenvalue weighted by molar-refractivity contribution is -0.146. The molecule has 0 atom stereocenters. The predicted molar refractivity (Wildman–Crippen MR) is 91.3 cm³/mol. The number of benzene rings is 1. The van der Waals surface area contributed by atoms with E-state index in [2.05, 4.69) is 10.4 Å². The third-order valence-electron chi connectivity index (χ3n) is 3.46. The molecule has 134 valence electrons. The highest BCUT2D eigenvalue weighted by molar-refractivity contribution is 7.92. The molecule has 0 aliphatic heterocycles. The van der Waals surface area contributed by atoms with Gasteiger partial charge in [-0.1, -0.05) is 11.6 Å². The number of nitrogens with zero attached hydrogens (tertiary/aromatic N) is 2. The number of rotatable bonds is 6. The average molecular weight is 386 g/mol. The smallest absolute Gasteiger partial charge is 0.331 e. The van der Waals surface area contributed by atoms with Gasteiger partial charge in [0.15, 0.2) is 15.4 Å². The van der Waals surface area contributed by atoms with Gasteiger partial charge in [0.2, 0.25) is 5.91 Å². The van der Waals surface area contributed by atoms with Gasteiger partial charge in [0, 0.05) is 11.2 Å². The third-order valence-corrected chi connectivity index (χ3v) is 5.34. The van der Waals surface area contributed by atoms with Crippen LogP contribution in [0, 0.1) is 0 Å². The summed E-state index contributed by atoms with van der Waals surface area (Å²) in [6.45, 7) is 2.89. The predicted octanol–water partition coefficient (Wildman–Crippen LogP) is 1.77. The van der Waals surface area contributed by atoms with Gasteiger partial charge < -0.3 is 10.4 Å². The Balaban J connectivity index is 2.09. The molecule has 0 unspecified atom stereocenters. The second kappa shape index (κ2) is 6.85. The maximum atomic E-state index is 12.2.